The summed E-state index contributed by atoms with van der Waals surface area (Å²) in [7, 11) is 0. The smallest absolute Gasteiger partial charge is 0.259 e. The van der Waals surface area contributed by atoms with E-state index in [1.54, 1.807) is 32.0 Å². The number of carbonyl (C=O) groups is 1. The second-order valence-corrected chi connectivity index (χ2v) is 3.85. The zero-order valence-corrected chi connectivity index (χ0v) is 9.65. The van der Waals surface area contributed by atoms with Crippen LogP contribution in [0.3, 0.4) is 0 Å². The predicted molar refractivity (Wildman–Crippen MR) is 64.2 cm³/mol. The summed E-state index contributed by atoms with van der Waals surface area (Å²) >= 11 is 0. The van der Waals surface area contributed by atoms with E-state index in [4.69, 9.17) is 4.42 Å². The van der Waals surface area contributed by atoms with Gasteiger partial charge in [-0.1, -0.05) is 6.07 Å². The second-order valence-electron chi connectivity index (χ2n) is 3.85. The summed E-state index contributed by atoms with van der Waals surface area (Å²) in [6.45, 7) is 3.52. The Bertz CT molecular complexity index is 558. The van der Waals surface area contributed by atoms with Crippen molar-refractivity contribution in [1.82, 2.24) is 0 Å². The molecule has 2 rings (SSSR count). The molecule has 0 saturated carbocycles. The van der Waals surface area contributed by atoms with E-state index in [1.165, 1.54) is 12.3 Å². The Labute approximate surface area is 98.9 Å². The highest BCUT2D eigenvalue weighted by atomic mass is 16.3. The lowest BCUT2D eigenvalue weighted by Crippen LogP contribution is -2.11. The quantitative estimate of drug-likeness (QED) is 0.835. The number of hydrogen-bond donors (Lipinski definition) is 2. The van der Waals surface area contributed by atoms with E-state index < -0.39 is 0 Å². The minimum absolute atomic E-state index is 0.159. The Morgan fingerprint density at radius 1 is 1.29 bits per heavy atom. The first kappa shape index (κ1) is 11.3. The second kappa shape index (κ2) is 4.33. The molecule has 4 nitrogen and oxygen atoms in total. The summed E-state index contributed by atoms with van der Waals surface area (Å²) in [5.74, 6) is 0.477. The van der Waals surface area contributed by atoms with E-state index in [0.717, 1.165) is 5.56 Å². The van der Waals surface area contributed by atoms with Crippen molar-refractivity contribution in [1.29, 1.82) is 0 Å². The number of nitrogens with one attached hydrogen (secondary N) is 1. The normalized spacial score (nSPS) is 10.2. The van der Waals surface area contributed by atoms with Crippen molar-refractivity contribution in [3.05, 3.63) is 47.4 Å². The Hall–Kier alpha value is -2.23. The molecular formula is C13H13NO3. The third-order valence-corrected chi connectivity index (χ3v) is 2.57. The van der Waals surface area contributed by atoms with Crippen molar-refractivity contribution in [2.24, 2.45) is 0 Å². The molecule has 0 aliphatic carbocycles. The molecule has 0 radical (unpaired) electrons. The SMILES string of the molecule is Cc1ccc(NC(=O)c2ccoc2C)cc1O. The number of phenols is 1. The van der Waals surface area contributed by atoms with Gasteiger partial charge in [-0.25, -0.2) is 0 Å². The largest absolute Gasteiger partial charge is 0.508 e. The van der Waals surface area contributed by atoms with E-state index >= 15 is 0 Å². The summed E-state index contributed by atoms with van der Waals surface area (Å²) in [6, 6.07) is 6.61. The highest BCUT2D eigenvalue weighted by Gasteiger charge is 2.11. The van der Waals surface area contributed by atoms with Gasteiger partial charge in [-0.15, -0.1) is 0 Å². The highest BCUT2D eigenvalue weighted by molar-refractivity contribution is 6.04. The first-order valence-corrected chi connectivity index (χ1v) is 5.23. The molecule has 2 aromatic rings. The fourth-order valence-electron chi connectivity index (χ4n) is 1.51. The molecule has 1 aromatic heterocycles. The molecule has 17 heavy (non-hydrogen) atoms. The maximum Gasteiger partial charge on any atom is 0.259 e. The Morgan fingerprint density at radius 3 is 2.65 bits per heavy atom. The average Bonchev–Trinajstić information content (AvgIpc) is 2.70. The van der Waals surface area contributed by atoms with Crippen LogP contribution in [-0.2, 0) is 0 Å². The van der Waals surface area contributed by atoms with Crippen molar-refractivity contribution < 1.29 is 14.3 Å². The van der Waals surface area contributed by atoms with Gasteiger partial charge in [-0.3, -0.25) is 4.79 Å². The number of phenolic OH excluding ortho intramolecular Hbond substituents is 1. The zero-order chi connectivity index (χ0) is 12.4. The summed E-state index contributed by atoms with van der Waals surface area (Å²) in [5, 5.41) is 12.2. The number of amides is 1. The molecule has 2 N–H and O–H groups in total. The lowest BCUT2D eigenvalue weighted by molar-refractivity contribution is 0.102. The van der Waals surface area contributed by atoms with Crippen LogP contribution in [0.5, 0.6) is 5.75 Å². The van der Waals surface area contributed by atoms with Gasteiger partial charge in [0, 0.05) is 11.8 Å². The molecule has 0 aliphatic heterocycles. The minimum atomic E-state index is -0.250. The lowest BCUT2D eigenvalue weighted by Gasteiger charge is -2.06. The molecule has 0 fully saturated rings. The molecule has 88 valence electrons. The predicted octanol–water partition coefficient (Wildman–Crippen LogP) is 2.85. The van der Waals surface area contributed by atoms with Gasteiger partial charge < -0.3 is 14.8 Å². The topological polar surface area (TPSA) is 62.5 Å². The van der Waals surface area contributed by atoms with Crippen LogP contribution in [0.4, 0.5) is 5.69 Å². The Morgan fingerprint density at radius 2 is 2.06 bits per heavy atom. The maximum absolute atomic E-state index is 11.8. The van der Waals surface area contributed by atoms with E-state index in [0.29, 0.717) is 17.0 Å². The Balaban J connectivity index is 2.19. The van der Waals surface area contributed by atoms with Crippen molar-refractivity contribution in [3.8, 4) is 5.75 Å². The fourth-order valence-corrected chi connectivity index (χ4v) is 1.51. The monoisotopic (exact) mass is 231 g/mol. The number of anilines is 1. The van der Waals surface area contributed by atoms with Crippen LogP contribution in [0.15, 0.2) is 34.9 Å². The van der Waals surface area contributed by atoms with Crippen molar-refractivity contribution in [2.45, 2.75) is 13.8 Å². The molecular weight excluding hydrogens is 218 g/mol. The van der Waals surface area contributed by atoms with Crippen molar-refractivity contribution in [3.63, 3.8) is 0 Å². The number of furan rings is 1. The summed E-state index contributed by atoms with van der Waals surface area (Å²) in [6.07, 6.45) is 1.47. The lowest BCUT2D eigenvalue weighted by atomic mass is 10.2. The first-order chi connectivity index (χ1) is 8.08. The van der Waals surface area contributed by atoms with Crippen LogP contribution in [0, 0.1) is 13.8 Å². The highest BCUT2D eigenvalue weighted by Crippen LogP contribution is 2.21. The van der Waals surface area contributed by atoms with Crippen molar-refractivity contribution in [2.75, 3.05) is 5.32 Å². The van der Waals surface area contributed by atoms with Gasteiger partial charge in [-0.2, -0.15) is 0 Å². The summed E-state index contributed by atoms with van der Waals surface area (Å²) in [5.41, 5.74) is 1.81. The molecule has 0 spiro atoms. The summed E-state index contributed by atoms with van der Waals surface area (Å²) in [4.78, 5) is 11.8. The fraction of sp³-hybridized carbons (Fsp3) is 0.154. The molecule has 0 saturated heterocycles. The van der Waals surface area contributed by atoms with Crippen LogP contribution in [-0.4, -0.2) is 11.0 Å². The number of carbonyl (C=O) groups excluding carboxylic acids is 1. The number of aromatic hydroxyl groups is 1. The molecule has 1 heterocycles. The first-order valence-electron chi connectivity index (χ1n) is 5.23. The minimum Gasteiger partial charge on any atom is -0.508 e. The van der Waals surface area contributed by atoms with Gasteiger partial charge in [0.15, 0.2) is 0 Å². The van der Waals surface area contributed by atoms with E-state index in [2.05, 4.69) is 5.32 Å². The molecule has 4 heteroatoms. The molecule has 0 unspecified atom stereocenters. The Kier molecular flexibility index (Phi) is 2.87. The third kappa shape index (κ3) is 2.30. The third-order valence-electron chi connectivity index (χ3n) is 2.57. The molecule has 0 atom stereocenters. The van der Waals surface area contributed by atoms with Gasteiger partial charge in [0.05, 0.1) is 11.8 Å². The van der Waals surface area contributed by atoms with Crippen LogP contribution < -0.4 is 5.32 Å². The van der Waals surface area contributed by atoms with Crippen LogP contribution in [0.2, 0.25) is 0 Å². The van der Waals surface area contributed by atoms with Crippen LogP contribution in [0.1, 0.15) is 21.7 Å². The molecule has 1 amide bonds. The number of rotatable bonds is 2. The van der Waals surface area contributed by atoms with E-state index in [1.807, 2.05) is 0 Å². The molecule has 1 aromatic carbocycles. The van der Waals surface area contributed by atoms with Gasteiger partial charge in [-0.05, 0) is 31.5 Å². The zero-order valence-electron chi connectivity index (χ0n) is 9.65. The standard InChI is InChI=1S/C13H13NO3/c1-8-3-4-10(7-12(8)15)14-13(16)11-5-6-17-9(11)2/h3-7,15H,1-2H3,(H,14,16). The van der Waals surface area contributed by atoms with Crippen LogP contribution in [0.25, 0.3) is 0 Å². The van der Waals surface area contributed by atoms with Gasteiger partial charge >= 0.3 is 0 Å². The van der Waals surface area contributed by atoms with Gasteiger partial charge in [0.25, 0.3) is 5.91 Å². The average molecular weight is 231 g/mol. The summed E-state index contributed by atoms with van der Waals surface area (Å²) < 4.78 is 5.06. The van der Waals surface area contributed by atoms with Crippen LogP contribution >= 0.6 is 0 Å². The molecule has 0 aliphatic rings. The molecule has 0 bridgehead atoms. The number of aryl methyl sites for hydroxylation is 2. The van der Waals surface area contributed by atoms with Gasteiger partial charge in [0.1, 0.15) is 11.5 Å². The van der Waals surface area contributed by atoms with Crippen molar-refractivity contribution >= 4 is 11.6 Å². The number of benzene rings is 1. The van der Waals surface area contributed by atoms with E-state index in [9.17, 15) is 9.90 Å². The maximum atomic E-state index is 11.8. The number of hydrogen-bond acceptors (Lipinski definition) is 3. The van der Waals surface area contributed by atoms with E-state index in [-0.39, 0.29) is 11.7 Å². The van der Waals surface area contributed by atoms with Gasteiger partial charge in [0.2, 0.25) is 0 Å².